The van der Waals surface area contributed by atoms with Crippen molar-refractivity contribution in [3.8, 4) is 0 Å². The van der Waals surface area contributed by atoms with Crippen LogP contribution in [-0.2, 0) is 14.4 Å². The third-order valence-electron chi connectivity index (χ3n) is 3.65. The van der Waals surface area contributed by atoms with Gasteiger partial charge in [-0.15, -0.1) is 11.8 Å². The summed E-state index contributed by atoms with van der Waals surface area (Å²) in [6.45, 7) is 2.78. The monoisotopic (exact) mass is 404 g/mol. The van der Waals surface area contributed by atoms with E-state index in [1.54, 1.807) is 0 Å². The molecule has 0 aromatic carbocycles. The molecule has 1 unspecified atom stereocenters. The molecular formula is C13H14N2Na2O6S2. The van der Waals surface area contributed by atoms with Crippen LogP contribution in [0.4, 0.5) is 0 Å². The molecule has 0 aromatic rings. The number of nitrogens with one attached hydrogen (secondary N) is 1. The summed E-state index contributed by atoms with van der Waals surface area (Å²) in [6.07, 6.45) is -0.914. The van der Waals surface area contributed by atoms with Gasteiger partial charge in [0.2, 0.25) is 5.91 Å². The summed E-state index contributed by atoms with van der Waals surface area (Å²) in [5, 5.41) is 38.8. The van der Waals surface area contributed by atoms with Crippen LogP contribution >= 0.6 is 23.5 Å². The summed E-state index contributed by atoms with van der Waals surface area (Å²) in [4.78, 5) is 35.3. The molecule has 4 atom stereocenters. The molecule has 1 saturated heterocycles. The molecule has 0 aliphatic carbocycles. The Labute approximate surface area is 197 Å². The largest absolute Gasteiger partial charge is 1.00 e. The molecule has 126 valence electrons. The SMILES string of the molecule is CC(=N)[C@H](CSC1=C(C(=O)[O-])N2C(=O)[C@H](C(C)O)[C@H]2S1)C(=O)[O-].[Na+].[Na+]. The van der Waals surface area contributed by atoms with Crippen molar-refractivity contribution >= 4 is 47.1 Å². The van der Waals surface area contributed by atoms with Crippen molar-refractivity contribution in [3.05, 3.63) is 9.93 Å². The number of β-lactam (4-membered cyclic amide) rings is 1. The van der Waals surface area contributed by atoms with E-state index in [1.165, 1.54) is 13.8 Å². The number of aliphatic hydroxyl groups is 1. The number of hydrogen-bond donors (Lipinski definition) is 2. The number of carbonyl (C=O) groups is 3. The second-order valence-electron chi connectivity index (χ2n) is 5.27. The van der Waals surface area contributed by atoms with Crippen LogP contribution in [0.5, 0.6) is 0 Å². The molecule has 0 saturated carbocycles. The van der Waals surface area contributed by atoms with Crippen molar-refractivity contribution < 1.29 is 88.8 Å². The Bertz CT molecular complexity index is 614. The molecule has 2 aliphatic heterocycles. The number of carboxylic acid groups (broad SMARTS) is 2. The van der Waals surface area contributed by atoms with Gasteiger partial charge in [0, 0.05) is 17.4 Å². The molecule has 2 N–H and O–H groups in total. The maximum atomic E-state index is 12.0. The minimum Gasteiger partial charge on any atom is -0.549 e. The van der Waals surface area contributed by atoms with Crippen molar-refractivity contribution in [1.82, 2.24) is 4.90 Å². The summed E-state index contributed by atoms with van der Waals surface area (Å²) >= 11 is 2.02. The summed E-state index contributed by atoms with van der Waals surface area (Å²) in [5.41, 5.74) is -0.399. The molecule has 2 heterocycles. The van der Waals surface area contributed by atoms with Crippen LogP contribution < -0.4 is 69.3 Å². The van der Waals surface area contributed by atoms with E-state index in [2.05, 4.69) is 0 Å². The van der Waals surface area contributed by atoms with Gasteiger partial charge in [-0.25, -0.2) is 0 Å². The Morgan fingerprint density at radius 1 is 1.40 bits per heavy atom. The zero-order valence-electron chi connectivity index (χ0n) is 14.3. The van der Waals surface area contributed by atoms with Crippen LogP contribution in [0.15, 0.2) is 9.93 Å². The van der Waals surface area contributed by atoms with Gasteiger partial charge in [0.15, 0.2) is 0 Å². The number of hydrogen-bond acceptors (Lipinski definition) is 9. The zero-order chi connectivity index (χ0) is 17.5. The maximum Gasteiger partial charge on any atom is 1.00 e. The molecule has 1 fully saturated rings. The Morgan fingerprint density at radius 2 is 1.96 bits per heavy atom. The Kier molecular flexibility index (Phi) is 10.3. The number of amides is 1. The molecule has 0 aromatic heterocycles. The van der Waals surface area contributed by atoms with E-state index in [9.17, 15) is 29.7 Å². The third-order valence-corrected chi connectivity index (χ3v) is 6.40. The van der Waals surface area contributed by atoms with Crippen LogP contribution in [0.3, 0.4) is 0 Å². The zero-order valence-corrected chi connectivity index (χ0v) is 19.9. The molecule has 0 spiro atoms. The number of nitrogens with zero attached hydrogens (tertiary/aromatic N) is 1. The fraction of sp³-hybridized carbons (Fsp3) is 0.538. The van der Waals surface area contributed by atoms with Gasteiger partial charge in [-0.1, -0.05) is 11.8 Å². The molecule has 25 heavy (non-hydrogen) atoms. The summed E-state index contributed by atoms with van der Waals surface area (Å²) in [6, 6.07) is 0. The van der Waals surface area contributed by atoms with Crippen LogP contribution in [0.2, 0.25) is 0 Å². The van der Waals surface area contributed by atoms with Gasteiger partial charge in [-0.2, -0.15) is 0 Å². The van der Waals surface area contributed by atoms with E-state index in [0.717, 1.165) is 28.4 Å². The third kappa shape index (κ3) is 5.05. The number of rotatable bonds is 7. The van der Waals surface area contributed by atoms with Crippen molar-refractivity contribution in [2.75, 3.05) is 5.75 Å². The van der Waals surface area contributed by atoms with Crippen molar-refractivity contribution in [2.45, 2.75) is 25.3 Å². The number of thioether (sulfide) groups is 2. The Morgan fingerprint density at radius 3 is 2.36 bits per heavy atom. The van der Waals surface area contributed by atoms with E-state index in [4.69, 9.17) is 5.41 Å². The van der Waals surface area contributed by atoms with Gasteiger partial charge in [0.1, 0.15) is 5.37 Å². The molecule has 8 nitrogen and oxygen atoms in total. The van der Waals surface area contributed by atoms with E-state index in [1.807, 2.05) is 0 Å². The minimum absolute atomic E-state index is 0. The maximum absolute atomic E-state index is 12.0. The fourth-order valence-electron chi connectivity index (χ4n) is 2.37. The molecule has 1 amide bonds. The van der Waals surface area contributed by atoms with E-state index in [0.29, 0.717) is 0 Å². The van der Waals surface area contributed by atoms with Gasteiger partial charge in [-0.05, 0) is 13.8 Å². The van der Waals surface area contributed by atoms with Crippen molar-refractivity contribution in [3.63, 3.8) is 0 Å². The minimum atomic E-state index is -1.53. The first-order valence-corrected chi connectivity index (χ1v) is 8.55. The van der Waals surface area contributed by atoms with Crippen molar-refractivity contribution in [1.29, 1.82) is 5.41 Å². The predicted molar refractivity (Wildman–Crippen MR) is 79.8 cm³/mol. The van der Waals surface area contributed by atoms with Gasteiger partial charge in [0.05, 0.1) is 33.9 Å². The van der Waals surface area contributed by atoms with Gasteiger partial charge >= 0.3 is 59.1 Å². The predicted octanol–water partition coefficient (Wildman–Crippen LogP) is -8.04. The Hall–Kier alpha value is 0.480. The second kappa shape index (κ2) is 10.1. The average molecular weight is 404 g/mol. The normalized spacial score (nSPS) is 23.6. The first-order chi connectivity index (χ1) is 10.7. The van der Waals surface area contributed by atoms with Gasteiger partial charge in [-0.3, -0.25) is 9.69 Å². The number of aliphatic carboxylic acids is 2. The second-order valence-corrected chi connectivity index (χ2v) is 7.69. The van der Waals surface area contributed by atoms with Crippen LogP contribution in [0.1, 0.15) is 13.8 Å². The quantitative estimate of drug-likeness (QED) is 0.242. The van der Waals surface area contributed by atoms with Crippen molar-refractivity contribution in [2.24, 2.45) is 11.8 Å². The summed E-state index contributed by atoms with van der Waals surface area (Å²) < 4.78 is 0.249. The molecule has 12 heteroatoms. The molecule has 2 rings (SSSR count). The first kappa shape index (κ1) is 25.5. The topological polar surface area (TPSA) is 145 Å². The number of fused-ring (bicyclic) bond motifs is 1. The van der Waals surface area contributed by atoms with Gasteiger partial charge < -0.3 is 30.3 Å². The Balaban J connectivity index is 0.00000288. The van der Waals surface area contributed by atoms with Crippen LogP contribution in [-0.4, -0.2) is 50.8 Å². The summed E-state index contributed by atoms with van der Waals surface area (Å²) in [7, 11) is 0. The van der Waals surface area contributed by atoms with Crippen LogP contribution in [0, 0.1) is 17.2 Å². The van der Waals surface area contributed by atoms with Gasteiger partial charge in [0.25, 0.3) is 0 Å². The number of carbonyl (C=O) groups excluding carboxylic acids is 3. The smallest absolute Gasteiger partial charge is 0.549 e. The standard InChI is InChI=1S/C13H16N2O6S2.2Na/c1-4(14)6(11(18)19)3-22-13-8(12(20)21)15-9(17)7(5(2)16)10(15)23-13;;/h5-7,10,14,16H,3H2,1-2H3,(H,18,19)(H,20,21);;/q;2*+1/p-2/t5?,6-,7-,10+;;/m0../s1. The summed E-state index contributed by atoms with van der Waals surface area (Å²) in [5.74, 6) is -5.36. The van der Waals surface area contributed by atoms with E-state index >= 15 is 0 Å². The fourth-order valence-corrected chi connectivity index (χ4v) is 5.48. The van der Waals surface area contributed by atoms with E-state index in [-0.39, 0.29) is 80.5 Å². The molecule has 2 aliphatic rings. The van der Waals surface area contributed by atoms with E-state index < -0.39 is 41.2 Å². The molecule has 0 radical (unpaired) electrons. The molecule has 0 bridgehead atoms. The average Bonchev–Trinajstić information content (AvgIpc) is 2.72. The van der Waals surface area contributed by atoms with Crippen LogP contribution in [0.25, 0.3) is 0 Å². The molecular weight excluding hydrogens is 390 g/mol. The number of aliphatic hydroxyl groups excluding tert-OH is 1. The number of carboxylic acids is 2. The first-order valence-electron chi connectivity index (χ1n) is 6.69.